The summed E-state index contributed by atoms with van der Waals surface area (Å²) < 4.78 is 0. The third-order valence-electron chi connectivity index (χ3n) is 2.09. The van der Waals surface area contributed by atoms with Gasteiger partial charge in [0, 0.05) is 5.25 Å². The molecule has 0 spiro atoms. The molecule has 0 bridgehead atoms. The van der Waals surface area contributed by atoms with Gasteiger partial charge in [0.15, 0.2) is 0 Å². The Hall–Kier alpha value is -1.41. The van der Waals surface area contributed by atoms with Gasteiger partial charge in [-0.3, -0.25) is 0 Å². The van der Waals surface area contributed by atoms with E-state index in [0.717, 1.165) is 6.42 Å². The zero-order chi connectivity index (χ0) is 13.1. The molecule has 0 saturated carbocycles. The molecule has 2 heteroatoms. The second-order valence-corrected chi connectivity index (χ2v) is 4.30. The van der Waals surface area contributed by atoms with Gasteiger partial charge >= 0.3 is 0 Å². The maximum Gasteiger partial charge on any atom is 0.0238 e. The van der Waals surface area contributed by atoms with E-state index in [0.29, 0.717) is 5.25 Å². The van der Waals surface area contributed by atoms with Crippen LogP contribution in [-0.2, 0) is 6.42 Å². The van der Waals surface area contributed by atoms with E-state index in [9.17, 15) is 0 Å². The minimum Gasteiger partial charge on any atom is -0.405 e. The van der Waals surface area contributed by atoms with Crippen molar-refractivity contribution < 1.29 is 0 Å². The van der Waals surface area contributed by atoms with Gasteiger partial charge in [-0.05, 0) is 30.7 Å². The van der Waals surface area contributed by atoms with Crippen molar-refractivity contribution in [2.75, 3.05) is 0 Å². The molecule has 0 amide bonds. The normalized spacial score (nSPS) is 11.4. The summed E-state index contributed by atoms with van der Waals surface area (Å²) in [6.07, 6.45) is 8.08. The quantitative estimate of drug-likeness (QED) is 0.609. The first-order valence-corrected chi connectivity index (χ1v) is 6.04. The van der Waals surface area contributed by atoms with Crippen molar-refractivity contribution in [3.8, 4) is 0 Å². The van der Waals surface area contributed by atoms with Crippen LogP contribution in [0.15, 0.2) is 61.9 Å². The molecular weight excluding hydrogens is 226 g/mol. The largest absolute Gasteiger partial charge is 0.405 e. The Kier molecular flexibility index (Phi) is 8.98. The molecule has 92 valence electrons. The molecule has 0 aliphatic carbocycles. The zero-order valence-corrected chi connectivity index (χ0v) is 11.2. The van der Waals surface area contributed by atoms with Gasteiger partial charge in [-0.15, -0.1) is 0 Å². The maximum atomic E-state index is 4.61. The monoisotopic (exact) mass is 247 g/mol. The third-order valence-corrected chi connectivity index (χ3v) is 2.39. The summed E-state index contributed by atoms with van der Waals surface area (Å²) in [5.74, 6) is 0. The fourth-order valence-electron chi connectivity index (χ4n) is 1.23. The fourth-order valence-corrected chi connectivity index (χ4v) is 1.40. The Balaban J connectivity index is 0.000000770. The summed E-state index contributed by atoms with van der Waals surface area (Å²) in [4.78, 5) is 0. The van der Waals surface area contributed by atoms with Gasteiger partial charge in [-0.2, -0.15) is 12.6 Å². The lowest BCUT2D eigenvalue weighted by Gasteiger charge is -2.04. The Labute approximate surface area is 110 Å². The van der Waals surface area contributed by atoms with Crippen molar-refractivity contribution in [2.24, 2.45) is 5.73 Å². The molecule has 2 N–H and O–H groups in total. The average Bonchev–Trinajstić information content (AvgIpc) is 2.31. The molecule has 1 nitrogen and oxygen atoms in total. The Morgan fingerprint density at radius 3 is 2.24 bits per heavy atom. The lowest BCUT2D eigenvalue weighted by molar-refractivity contribution is 1.10. The molecule has 0 saturated heterocycles. The summed E-state index contributed by atoms with van der Waals surface area (Å²) >= 11 is 4.38. The first kappa shape index (κ1) is 15.6. The van der Waals surface area contributed by atoms with Gasteiger partial charge in [0.1, 0.15) is 0 Å². The number of allylic oxidation sites excluding steroid dienone is 3. The van der Waals surface area contributed by atoms with Gasteiger partial charge in [0.05, 0.1) is 0 Å². The highest BCUT2D eigenvalue weighted by Gasteiger charge is 1.97. The molecule has 1 unspecified atom stereocenters. The standard InChI is InChI=1S/C13H16S.C2H5N/c1-3-4-5-6-12-7-9-13(10-8-12)11(2)14;1-2-3/h3-5,7-11,14H,1,6H2,2H3;2H,1,3H2/b5-4-;. The summed E-state index contributed by atoms with van der Waals surface area (Å²) in [6, 6.07) is 8.56. The number of thiol groups is 1. The molecule has 1 aromatic carbocycles. The van der Waals surface area contributed by atoms with E-state index >= 15 is 0 Å². The maximum absolute atomic E-state index is 4.61. The van der Waals surface area contributed by atoms with Crippen molar-refractivity contribution in [1.82, 2.24) is 0 Å². The SMILES string of the molecule is C=C/C=C\Cc1ccc(C(C)S)cc1.C=CN. The van der Waals surface area contributed by atoms with Gasteiger partial charge in [-0.1, -0.05) is 55.7 Å². The van der Waals surface area contributed by atoms with Crippen molar-refractivity contribution in [3.63, 3.8) is 0 Å². The van der Waals surface area contributed by atoms with Gasteiger partial charge in [0.25, 0.3) is 0 Å². The highest BCUT2D eigenvalue weighted by molar-refractivity contribution is 7.80. The first-order valence-electron chi connectivity index (χ1n) is 5.52. The first-order chi connectivity index (χ1) is 8.15. The van der Waals surface area contributed by atoms with Gasteiger partial charge < -0.3 is 5.73 Å². The van der Waals surface area contributed by atoms with Crippen LogP contribution >= 0.6 is 12.6 Å². The second-order valence-electron chi connectivity index (χ2n) is 3.52. The highest BCUT2D eigenvalue weighted by atomic mass is 32.1. The van der Waals surface area contributed by atoms with E-state index in [2.05, 4.69) is 68.8 Å². The van der Waals surface area contributed by atoms with E-state index in [1.165, 1.54) is 17.3 Å². The summed E-state index contributed by atoms with van der Waals surface area (Å²) in [6.45, 7) is 8.85. The van der Waals surface area contributed by atoms with Crippen LogP contribution in [0.2, 0.25) is 0 Å². The topological polar surface area (TPSA) is 26.0 Å². The van der Waals surface area contributed by atoms with Crippen molar-refractivity contribution >= 4 is 12.6 Å². The second kappa shape index (κ2) is 9.79. The van der Waals surface area contributed by atoms with Gasteiger partial charge in [-0.25, -0.2) is 0 Å². The number of hydrogen-bond acceptors (Lipinski definition) is 2. The highest BCUT2D eigenvalue weighted by Crippen LogP contribution is 2.18. The van der Waals surface area contributed by atoms with Crippen LogP contribution in [0, 0.1) is 0 Å². The third kappa shape index (κ3) is 7.47. The lowest BCUT2D eigenvalue weighted by atomic mass is 10.1. The number of rotatable bonds is 4. The predicted molar refractivity (Wildman–Crippen MR) is 81.3 cm³/mol. The summed E-state index contributed by atoms with van der Waals surface area (Å²) in [7, 11) is 0. The van der Waals surface area contributed by atoms with E-state index in [1.807, 2.05) is 6.08 Å². The molecule has 0 radical (unpaired) electrons. The molecular formula is C15H21NS. The van der Waals surface area contributed by atoms with Crippen LogP contribution in [0.1, 0.15) is 23.3 Å². The van der Waals surface area contributed by atoms with E-state index in [1.54, 1.807) is 6.08 Å². The predicted octanol–water partition coefficient (Wildman–Crippen LogP) is 4.05. The van der Waals surface area contributed by atoms with Crippen LogP contribution in [0.3, 0.4) is 0 Å². The molecule has 1 rings (SSSR count). The lowest BCUT2D eigenvalue weighted by Crippen LogP contribution is -1.86. The molecule has 1 atom stereocenters. The minimum absolute atomic E-state index is 0.313. The zero-order valence-electron chi connectivity index (χ0n) is 10.3. The number of benzene rings is 1. The molecule has 0 aliphatic heterocycles. The van der Waals surface area contributed by atoms with E-state index < -0.39 is 0 Å². The van der Waals surface area contributed by atoms with Crippen molar-refractivity contribution in [2.45, 2.75) is 18.6 Å². The van der Waals surface area contributed by atoms with Crippen LogP contribution in [-0.4, -0.2) is 0 Å². The molecule has 0 aliphatic rings. The van der Waals surface area contributed by atoms with Crippen LogP contribution in [0.4, 0.5) is 0 Å². The Morgan fingerprint density at radius 1 is 1.29 bits per heavy atom. The molecule has 17 heavy (non-hydrogen) atoms. The number of hydrogen-bond donors (Lipinski definition) is 2. The Morgan fingerprint density at radius 2 is 1.82 bits per heavy atom. The Bertz CT molecular complexity index is 350. The van der Waals surface area contributed by atoms with Crippen LogP contribution in [0.25, 0.3) is 0 Å². The van der Waals surface area contributed by atoms with E-state index in [-0.39, 0.29) is 0 Å². The average molecular weight is 247 g/mol. The van der Waals surface area contributed by atoms with Crippen molar-refractivity contribution in [1.29, 1.82) is 0 Å². The smallest absolute Gasteiger partial charge is 0.0238 e. The van der Waals surface area contributed by atoms with Crippen LogP contribution < -0.4 is 5.73 Å². The molecule has 1 aromatic rings. The summed E-state index contributed by atoms with van der Waals surface area (Å²) in [5.41, 5.74) is 7.20. The molecule has 0 aromatic heterocycles. The summed E-state index contributed by atoms with van der Waals surface area (Å²) in [5, 5.41) is 0.313. The number of nitrogens with two attached hydrogens (primary N) is 1. The fraction of sp³-hybridized carbons (Fsp3) is 0.200. The van der Waals surface area contributed by atoms with Crippen molar-refractivity contribution in [3.05, 3.63) is 73.0 Å². The minimum atomic E-state index is 0.313. The van der Waals surface area contributed by atoms with E-state index in [4.69, 9.17) is 0 Å². The molecule has 0 fully saturated rings. The van der Waals surface area contributed by atoms with Crippen LogP contribution in [0.5, 0.6) is 0 Å². The molecule has 0 heterocycles. The van der Waals surface area contributed by atoms with Gasteiger partial charge in [0.2, 0.25) is 0 Å².